The van der Waals surface area contributed by atoms with E-state index >= 15 is 0 Å². The molecule has 12 heteroatoms. The predicted octanol–water partition coefficient (Wildman–Crippen LogP) is 2.94. The number of halogens is 1. The van der Waals surface area contributed by atoms with Gasteiger partial charge in [-0.1, -0.05) is 0 Å². The number of sulfone groups is 1. The Balaban J connectivity index is 1.31. The van der Waals surface area contributed by atoms with E-state index in [0.717, 1.165) is 38.0 Å². The maximum Gasteiger partial charge on any atom is 0.221 e. The number of nitrogens with one attached hydrogen (secondary N) is 1. The monoisotopic (exact) mass is 510 g/mol. The average molecular weight is 511 g/mol. The summed E-state index contributed by atoms with van der Waals surface area (Å²) in [6, 6.07) is 3.55. The molecule has 5 rings (SSSR count). The Morgan fingerprint density at radius 2 is 1.74 bits per heavy atom. The van der Waals surface area contributed by atoms with Crippen LogP contribution in [0.1, 0.15) is 44.1 Å². The number of rotatable bonds is 7. The zero-order chi connectivity index (χ0) is 24.3. The lowest BCUT2D eigenvalue weighted by molar-refractivity contribution is 0.0910. The van der Waals surface area contributed by atoms with Crippen LogP contribution in [0.4, 0.5) is 15.9 Å². The third-order valence-corrected chi connectivity index (χ3v) is 10.4. The number of nitrogens with zero attached hydrogens (tertiary/aromatic N) is 3. The molecule has 3 fully saturated rings. The van der Waals surface area contributed by atoms with Gasteiger partial charge in [0.05, 0.1) is 21.4 Å². The third kappa shape index (κ3) is 4.38. The van der Waals surface area contributed by atoms with E-state index in [1.54, 1.807) is 11.2 Å². The van der Waals surface area contributed by atoms with E-state index in [4.69, 9.17) is 4.74 Å². The first-order valence-corrected chi connectivity index (χ1v) is 14.7. The number of hydrogen-bond donors (Lipinski definition) is 1. The molecule has 2 aliphatic heterocycles. The first kappa shape index (κ1) is 23.4. The normalized spacial score (nSPS) is 25.3. The number of fused-ring (bicyclic) bond motifs is 2. The van der Waals surface area contributed by atoms with E-state index < -0.39 is 25.7 Å². The standard InChI is InChI=1S/C22H27FN4O5S2/c1-13-21(26-20-8-7-18(11-19(20)23)33(2,28)29)24-12-25-22(13)32-16-9-14-3-4-15(10-16)27(14)34(30,31)17-5-6-17/h7-8,11-12,14-17H,3-6,9-10H2,1-2H3,(H,24,25,26)/t14-,15-/m0/s1. The van der Waals surface area contributed by atoms with Crippen molar-refractivity contribution in [3.8, 4) is 5.88 Å². The summed E-state index contributed by atoms with van der Waals surface area (Å²) in [5.41, 5.74) is 0.659. The van der Waals surface area contributed by atoms with E-state index in [-0.39, 0.29) is 34.0 Å². The Kier molecular flexibility index (Phi) is 5.80. The van der Waals surface area contributed by atoms with Crippen molar-refractivity contribution in [1.82, 2.24) is 14.3 Å². The fourth-order valence-electron chi connectivity index (χ4n) is 4.93. The fourth-order valence-corrected chi connectivity index (χ4v) is 7.85. The third-order valence-electron chi connectivity index (χ3n) is 6.80. The summed E-state index contributed by atoms with van der Waals surface area (Å²) in [4.78, 5) is 8.31. The molecule has 0 radical (unpaired) electrons. The second-order valence-electron chi connectivity index (χ2n) is 9.36. The smallest absolute Gasteiger partial charge is 0.221 e. The van der Waals surface area contributed by atoms with Crippen molar-refractivity contribution in [2.24, 2.45) is 0 Å². The van der Waals surface area contributed by atoms with Gasteiger partial charge in [-0.3, -0.25) is 0 Å². The lowest BCUT2D eigenvalue weighted by atomic mass is 10.0. The second kappa shape index (κ2) is 8.42. The van der Waals surface area contributed by atoms with E-state index in [0.29, 0.717) is 30.1 Å². The van der Waals surface area contributed by atoms with Gasteiger partial charge in [0.15, 0.2) is 9.84 Å². The molecular formula is C22H27FN4O5S2. The lowest BCUT2D eigenvalue weighted by Gasteiger charge is -2.37. The van der Waals surface area contributed by atoms with Crippen LogP contribution in [0.15, 0.2) is 29.4 Å². The number of benzene rings is 1. The molecule has 1 aliphatic carbocycles. The van der Waals surface area contributed by atoms with Crippen molar-refractivity contribution >= 4 is 31.4 Å². The van der Waals surface area contributed by atoms with Gasteiger partial charge in [0.2, 0.25) is 15.9 Å². The summed E-state index contributed by atoms with van der Waals surface area (Å²) < 4.78 is 71.4. The highest BCUT2D eigenvalue weighted by atomic mass is 32.2. The fraction of sp³-hybridized carbons (Fsp3) is 0.545. The van der Waals surface area contributed by atoms with Crippen LogP contribution in [0, 0.1) is 12.7 Å². The topological polar surface area (TPSA) is 119 Å². The van der Waals surface area contributed by atoms with E-state index in [9.17, 15) is 21.2 Å². The van der Waals surface area contributed by atoms with Crippen LogP contribution in [-0.4, -0.2) is 60.8 Å². The number of piperidine rings is 1. The summed E-state index contributed by atoms with van der Waals surface area (Å²) in [7, 11) is -6.74. The Morgan fingerprint density at radius 1 is 1.06 bits per heavy atom. The largest absolute Gasteiger partial charge is 0.474 e. The molecule has 0 unspecified atom stereocenters. The van der Waals surface area contributed by atoms with Gasteiger partial charge >= 0.3 is 0 Å². The number of anilines is 2. The summed E-state index contributed by atoms with van der Waals surface area (Å²) in [5, 5.41) is 2.67. The molecule has 184 valence electrons. The van der Waals surface area contributed by atoms with Gasteiger partial charge < -0.3 is 10.1 Å². The van der Waals surface area contributed by atoms with Crippen LogP contribution in [-0.2, 0) is 19.9 Å². The summed E-state index contributed by atoms with van der Waals surface area (Å²) >= 11 is 0. The van der Waals surface area contributed by atoms with Crippen molar-refractivity contribution in [2.75, 3.05) is 11.6 Å². The SMILES string of the molecule is Cc1c(Nc2ccc(S(C)(=O)=O)cc2F)ncnc1OC1C[C@@H]2CC[C@@H](C1)N2S(=O)(=O)C1CC1. The van der Waals surface area contributed by atoms with Crippen LogP contribution in [0.5, 0.6) is 5.88 Å². The molecule has 2 atom stereocenters. The van der Waals surface area contributed by atoms with Gasteiger partial charge in [-0.2, -0.15) is 4.31 Å². The average Bonchev–Trinajstić information content (AvgIpc) is 3.57. The predicted molar refractivity (Wildman–Crippen MR) is 124 cm³/mol. The molecule has 0 amide bonds. The Labute approximate surface area is 198 Å². The lowest BCUT2D eigenvalue weighted by Crippen LogP contribution is -2.50. The first-order valence-electron chi connectivity index (χ1n) is 11.3. The van der Waals surface area contributed by atoms with Gasteiger partial charge in [0.1, 0.15) is 24.1 Å². The minimum absolute atomic E-state index is 0.0449. The highest BCUT2D eigenvalue weighted by molar-refractivity contribution is 7.90. The molecule has 9 nitrogen and oxygen atoms in total. The maximum absolute atomic E-state index is 14.5. The molecule has 3 aliphatic rings. The van der Waals surface area contributed by atoms with Crippen LogP contribution < -0.4 is 10.1 Å². The quantitative estimate of drug-likeness (QED) is 0.604. The first-order chi connectivity index (χ1) is 16.0. The zero-order valence-electron chi connectivity index (χ0n) is 18.9. The molecule has 34 heavy (non-hydrogen) atoms. The molecule has 2 aromatic rings. The maximum atomic E-state index is 14.5. The van der Waals surface area contributed by atoms with Crippen LogP contribution >= 0.6 is 0 Å². The molecule has 2 bridgehead atoms. The highest BCUT2D eigenvalue weighted by Gasteiger charge is 2.52. The van der Waals surface area contributed by atoms with Gasteiger partial charge in [-0.25, -0.2) is 31.2 Å². The Bertz CT molecular complexity index is 1320. The van der Waals surface area contributed by atoms with Crippen molar-refractivity contribution in [3.63, 3.8) is 0 Å². The van der Waals surface area contributed by atoms with Gasteiger partial charge in [-0.15, -0.1) is 0 Å². The van der Waals surface area contributed by atoms with E-state index in [2.05, 4.69) is 15.3 Å². The van der Waals surface area contributed by atoms with Gasteiger partial charge in [-0.05, 0) is 50.8 Å². The molecule has 0 spiro atoms. The minimum atomic E-state index is -3.52. The van der Waals surface area contributed by atoms with E-state index in [1.807, 2.05) is 0 Å². The Hall–Kier alpha value is -2.31. The summed E-state index contributed by atoms with van der Waals surface area (Å²) in [6.07, 6.45) is 6.57. The number of aromatic nitrogens is 2. The van der Waals surface area contributed by atoms with Crippen molar-refractivity contribution in [1.29, 1.82) is 0 Å². The highest BCUT2D eigenvalue weighted by Crippen LogP contribution is 2.43. The van der Waals surface area contributed by atoms with Gasteiger partial charge in [0, 0.05) is 31.2 Å². The molecule has 2 saturated heterocycles. The Morgan fingerprint density at radius 3 is 2.32 bits per heavy atom. The van der Waals surface area contributed by atoms with E-state index in [1.165, 1.54) is 18.5 Å². The molecule has 1 aromatic heterocycles. The molecule has 1 aromatic carbocycles. The molecule has 1 N–H and O–H groups in total. The zero-order valence-corrected chi connectivity index (χ0v) is 20.6. The van der Waals surface area contributed by atoms with Crippen molar-refractivity contribution in [3.05, 3.63) is 35.9 Å². The minimum Gasteiger partial charge on any atom is -0.474 e. The number of sulfonamides is 1. The van der Waals surface area contributed by atoms with Crippen LogP contribution in [0.25, 0.3) is 0 Å². The van der Waals surface area contributed by atoms with Crippen LogP contribution in [0.2, 0.25) is 0 Å². The van der Waals surface area contributed by atoms with Crippen molar-refractivity contribution in [2.45, 2.75) is 73.8 Å². The van der Waals surface area contributed by atoms with Crippen molar-refractivity contribution < 1.29 is 26.0 Å². The molecule has 3 heterocycles. The summed E-state index contributed by atoms with van der Waals surface area (Å²) in [5.74, 6) is -0.0227. The number of ether oxygens (including phenoxy) is 1. The molecule has 1 saturated carbocycles. The second-order valence-corrected chi connectivity index (χ2v) is 13.5. The summed E-state index contributed by atoms with van der Waals surface area (Å²) in [6.45, 7) is 1.75. The van der Waals surface area contributed by atoms with Gasteiger partial charge in [0.25, 0.3) is 0 Å². The number of hydrogen-bond acceptors (Lipinski definition) is 8. The van der Waals surface area contributed by atoms with Crippen LogP contribution in [0.3, 0.4) is 0 Å². The molecular weight excluding hydrogens is 483 g/mol.